The van der Waals surface area contributed by atoms with E-state index in [4.69, 9.17) is 0 Å². The quantitative estimate of drug-likeness (QED) is 0.840. The van der Waals surface area contributed by atoms with Gasteiger partial charge in [-0.05, 0) is 49.3 Å². The molecule has 3 rings (SSSR count). The van der Waals surface area contributed by atoms with Gasteiger partial charge in [-0.1, -0.05) is 24.3 Å². The third kappa shape index (κ3) is 4.07. The first-order valence-corrected chi connectivity index (χ1v) is 8.68. The van der Waals surface area contributed by atoms with E-state index in [2.05, 4.69) is 40.0 Å². The largest absolute Gasteiger partial charge is 0.355 e. The van der Waals surface area contributed by atoms with Crippen LogP contribution in [0.4, 0.5) is 0 Å². The number of hydrogen-bond acceptors (Lipinski definition) is 3. The molecule has 1 aliphatic carbocycles. The molecule has 25 heavy (non-hydrogen) atoms. The van der Waals surface area contributed by atoms with E-state index >= 15 is 0 Å². The van der Waals surface area contributed by atoms with Gasteiger partial charge < -0.3 is 10.6 Å². The number of aromatic nitrogens is 2. The molecule has 6 heteroatoms. The molecule has 1 aromatic heterocycles. The Balaban J connectivity index is 1.40. The molecule has 1 heterocycles. The smallest absolute Gasteiger partial charge is 0.269 e. The molecule has 1 atom stereocenters. The average molecular weight is 340 g/mol. The molecule has 6 nitrogen and oxygen atoms in total. The summed E-state index contributed by atoms with van der Waals surface area (Å²) >= 11 is 0. The Kier molecular flexibility index (Phi) is 5.16. The molecule has 132 valence electrons. The summed E-state index contributed by atoms with van der Waals surface area (Å²) in [6, 6.07) is 10.2. The van der Waals surface area contributed by atoms with Crippen LogP contribution in [0.3, 0.4) is 0 Å². The van der Waals surface area contributed by atoms with Gasteiger partial charge >= 0.3 is 0 Å². The van der Waals surface area contributed by atoms with E-state index in [1.807, 2.05) is 6.92 Å². The number of hydrogen-bond donors (Lipinski definition) is 2. The second-order valence-corrected chi connectivity index (χ2v) is 6.55. The summed E-state index contributed by atoms with van der Waals surface area (Å²) in [5.41, 5.74) is 4.07. The second-order valence-electron chi connectivity index (χ2n) is 6.55. The molecule has 0 bridgehead atoms. The average Bonchev–Trinajstić information content (AvgIpc) is 3.16. The molecular weight excluding hydrogens is 316 g/mol. The Bertz CT molecular complexity index is 781. The SMILES string of the molecule is Cc1cc(C(=O)NCC(=O)NCCC2CCc3ccccc32)n(C)n1. The van der Waals surface area contributed by atoms with Crippen molar-refractivity contribution in [1.82, 2.24) is 20.4 Å². The van der Waals surface area contributed by atoms with E-state index in [0.29, 0.717) is 18.2 Å². The van der Waals surface area contributed by atoms with Crippen LogP contribution >= 0.6 is 0 Å². The molecule has 0 spiro atoms. The van der Waals surface area contributed by atoms with Gasteiger partial charge in [0.15, 0.2) is 0 Å². The molecule has 2 N–H and O–H groups in total. The van der Waals surface area contributed by atoms with Crippen molar-refractivity contribution in [3.05, 3.63) is 52.8 Å². The first-order chi connectivity index (χ1) is 12.0. The minimum Gasteiger partial charge on any atom is -0.355 e. The fraction of sp³-hybridized carbons (Fsp3) is 0.421. The Morgan fingerprint density at radius 3 is 2.84 bits per heavy atom. The van der Waals surface area contributed by atoms with Crippen LogP contribution in [0.25, 0.3) is 0 Å². The van der Waals surface area contributed by atoms with Crippen LogP contribution in [-0.4, -0.2) is 34.7 Å². The Morgan fingerprint density at radius 1 is 1.28 bits per heavy atom. The first kappa shape index (κ1) is 17.2. The standard InChI is InChI=1S/C19H24N4O2/c1-13-11-17(23(2)22-13)19(25)21-12-18(24)20-10-9-15-8-7-14-5-3-4-6-16(14)15/h3-6,11,15H,7-10,12H2,1-2H3,(H,20,24)(H,21,25). The number of benzene rings is 1. The van der Waals surface area contributed by atoms with Gasteiger partial charge in [0.1, 0.15) is 5.69 Å². The predicted molar refractivity (Wildman–Crippen MR) is 95.4 cm³/mol. The summed E-state index contributed by atoms with van der Waals surface area (Å²) in [6.07, 6.45) is 3.19. The maximum Gasteiger partial charge on any atom is 0.269 e. The zero-order valence-corrected chi connectivity index (χ0v) is 14.7. The lowest BCUT2D eigenvalue weighted by Gasteiger charge is -2.12. The van der Waals surface area contributed by atoms with Crippen LogP contribution in [0.15, 0.2) is 30.3 Å². The zero-order chi connectivity index (χ0) is 17.8. The highest BCUT2D eigenvalue weighted by atomic mass is 16.2. The zero-order valence-electron chi connectivity index (χ0n) is 14.7. The third-order valence-corrected chi connectivity index (χ3v) is 4.72. The molecule has 1 unspecified atom stereocenters. The van der Waals surface area contributed by atoms with Gasteiger partial charge in [0.2, 0.25) is 5.91 Å². The highest BCUT2D eigenvalue weighted by Gasteiger charge is 2.21. The minimum atomic E-state index is -0.289. The van der Waals surface area contributed by atoms with Gasteiger partial charge in [0, 0.05) is 13.6 Å². The van der Waals surface area contributed by atoms with Gasteiger partial charge in [-0.15, -0.1) is 0 Å². The van der Waals surface area contributed by atoms with Crippen LogP contribution in [0, 0.1) is 6.92 Å². The highest BCUT2D eigenvalue weighted by molar-refractivity contribution is 5.95. The number of carbonyl (C=O) groups is 2. The van der Waals surface area contributed by atoms with E-state index in [0.717, 1.165) is 25.0 Å². The van der Waals surface area contributed by atoms with Crippen molar-refractivity contribution in [3.63, 3.8) is 0 Å². The normalized spacial score (nSPS) is 15.7. The maximum absolute atomic E-state index is 12.1. The molecular formula is C19H24N4O2. The van der Waals surface area contributed by atoms with E-state index in [-0.39, 0.29) is 18.4 Å². The molecule has 0 aliphatic heterocycles. The lowest BCUT2D eigenvalue weighted by Crippen LogP contribution is -2.38. The van der Waals surface area contributed by atoms with E-state index < -0.39 is 0 Å². The molecule has 0 saturated carbocycles. The topological polar surface area (TPSA) is 76.0 Å². The fourth-order valence-corrected chi connectivity index (χ4v) is 3.47. The van der Waals surface area contributed by atoms with Crippen LogP contribution < -0.4 is 10.6 Å². The van der Waals surface area contributed by atoms with Gasteiger partial charge in [-0.2, -0.15) is 5.10 Å². The van der Waals surface area contributed by atoms with E-state index in [9.17, 15) is 9.59 Å². The first-order valence-electron chi connectivity index (χ1n) is 8.68. The lowest BCUT2D eigenvalue weighted by molar-refractivity contribution is -0.120. The summed E-state index contributed by atoms with van der Waals surface area (Å²) in [5.74, 6) is 0.0602. The highest BCUT2D eigenvalue weighted by Crippen LogP contribution is 2.34. The van der Waals surface area contributed by atoms with Crippen molar-refractivity contribution >= 4 is 11.8 Å². The van der Waals surface area contributed by atoms with Crippen LogP contribution in [0.1, 0.15) is 46.1 Å². The van der Waals surface area contributed by atoms with Gasteiger partial charge in [0.05, 0.1) is 12.2 Å². The van der Waals surface area contributed by atoms with Gasteiger partial charge in [-0.25, -0.2) is 0 Å². The maximum atomic E-state index is 12.1. The summed E-state index contributed by atoms with van der Waals surface area (Å²) in [4.78, 5) is 24.0. The molecule has 0 saturated heterocycles. The van der Waals surface area contributed by atoms with E-state index in [1.54, 1.807) is 13.1 Å². The fourth-order valence-electron chi connectivity index (χ4n) is 3.47. The number of rotatable bonds is 6. The minimum absolute atomic E-state index is 0.0235. The molecule has 1 aromatic carbocycles. The monoisotopic (exact) mass is 340 g/mol. The molecule has 0 fully saturated rings. The number of carbonyl (C=O) groups excluding carboxylic acids is 2. The Labute approximate surface area is 147 Å². The van der Waals surface area contributed by atoms with Gasteiger partial charge in [-0.3, -0.25) is 14.3 Å². The Hall–Kier alpha value is -2.63. The summed E-state index contributed by atoms with van der Waals surface area (Å²) < 4.78 is 1.51. The second kappa shape index (κ2) is 7.51. The van der Waals surface area contributed by atoms with Crippen molar-refractivity contribution in [2.24, 2.45) is 7.05 Å². The molecule has 1 aliphatic rings. The third-order valence-electron chi connectivity index (χ3n) is 4.72. The lowest BCUT2D eigenvalue weighted by atomic mass is 9.98. The summed E-state index contributed by atoms with van der Waals surface area (Å²) in [5, 5.41) is 9.65. The number of nitrogens with zero attached hydrogens (tertiary/aromatic N) is 2. The van der Waals surface area contributed by atoms with Crippen molar-refractivity contribution in [2.75, 3.05) is 13.1 Å². The molecule has 0 radical (unpaired) electrons. The number of amides is 2. The van der Waals surface area contributed by atoms with Crippen molar-refractivity contribution in [1.29, 1.82) is 0 Å². The number of fused-ring (bicyclic) bond motifs is 1. The van der Waals surface area contributed by atoms with Crippen molar-refractivity contribution in [2.45, 2.75) is 32.1 Å². The summed E-state index contributed by atoms with van der Waals surface area (Å²) in [7, 11) is 1.71. The van der Waals surface area contributed by atoms with Gasteiger partial charge in [0.25, 0.3) is 5.91 Å². The Morgan fingerprint density at radius 2 is 2.08 bits per heavy atom. The number of nitrogens with one attached hydrogen (secondary N) is 2. The van der Waals surface area contributed by atoms with Crippen LogP contribution in [0.2, 0.25) is 0 Å². The van der Waals surface area contributed by atoms with E-state index in [1.165, 1.54) is 15.8 Å². The van der Waals surface area contributed by atoms with Crippen molar-refractivity contribution in [3.8, 4) is 0 Å². The van der Waals surface area contributed by atoms with Crippen LogP contribution in [-0.2, 0) is 18.3 Å². The summed E-state index contributed by atoms with van der Waals surface area (Å²) in [6.45, 7) is 2.42. The van der Waals surface area contributed by atoms with Crippen LogP contribution in [0.5, 0.6) is 0 Å². The molecule has 2 amide bonds. The number of aryl methyl sites for hydroxylation is 3. The predicted octanol–water partition coefficient (Wildman–Crippen LogP) is 1.69. The van der Waals surface area contributed by atoms with Crippen molar-refractivity contribution < 1.29 is 9.59 Å². The molecule has 2 aromatic rings.